The molecule has 74 valence electrons. The molecule has 0 amide bonds. The summed E-state index contributed by atoms with van der Waals surface area (Å²) < 4.78 is 13.1. The third-order valence-electron chi connectivity index (χ3n) is 1.98. The van der Waals surface area contributed by atoms with E-state index in [0.29, 0.717) is 0 Å². The molecule has 0 spiro atoms. The van der Waals surface area contributed by atoms with Crippen molar-refractivity contribution in [2.24, 2.45) is 0 Å². The van der Waals surface area contributed by atoms with Gasteiger partial charge in [0.15, 0.2) is 11.6 Å². The summed E-state index contributed by atoms with van der Waals surface area (Å²) in [5.74, 6) is -1.32. The largest absolute Gasteiger partial charge is 0.505 e. The van der Waals surface area contributed by atoms with Gasteiger partial charge in [0.25, 0.3) is 0 Å². The van der Waals surface area contributed by atoms with Gasteiger partial charge < -0.3 is 5.11 Å². The van der Waals surface area contributed by atoms with Crippen LogP contribution >= 0.6 is 11.6 Å². The Kier molecular flexibility index (Phi) is 2.68. The number of rotatable bonds is 1. The molecule has 1 rings (SSSR count). The number of halogens is 2. The van der Waals surface area contributed by atoms with Crippen LogP contribution in [0.3, 0.4) is 0 Å². The van der Waals surface area contributed by atoms with Gasteiger partial charge in [0.1, 0.15) is 0 Å². The van der Waals surface area contributed by atoms with Crippen LogP contribution in [0.2, 0.25) is 5.02 Å². The van der Waals surface area contributed by atoms with Crippen LogP contribution in [0.25, 0.3) is 0 Å². The van der Waals surface area contributed by atoms with Crippen molar-refractivity contribution in [2.45, 2.75) is 19.3 Å². The molecular weight excluding hydrogens is 205 g/mol. The van der Waals surface area contributed by atoms with Gasteiger partial charge in [-0.3, -0.25) is 0 Å². The van der Waals surface area contributed by atoms with Crippen molar-refractivity contribution in [3.63, 3.8) is 0 Å². The molecule has 0 unspecified atom stereocenters. The van der Waals surface area contributed by atoms with E-state index in [0.717, 1.165) is 6.07 Å². The lowest BCUT2D eigenvalue weighted by molar-refractivity contribution is 0.417. The maximum Gasteiger partial charge on any atom is 0.166 e. The first kappa shape index (κ1) is 10.8. The summed E-state index contributed by atoms with van der Waals surface area (Å²) in [5.41, 5.74) is -0.763. The quantitative estimate of drug-likeness (QED) is 0.780. The van der Waals surface area contributed by atoms with Crippen LogP contribution in [0.15, 0.2) is 12.1 Å². The third kappa shape index (κ3) is 1.80. The summed E-state index contributed by atoms with van der Waals surface area (Å²) in [5, 5.41) is 18.4. The van der Waals surface area contributed by atoms with Gasteiger partial charge in [0, 0.05) is 10.6 Å². The molecule has 2 nitrogen and oxygen atoms in total. The standard InChI is InChI=1S/C10H9ClFNO/c1-10(2,5-13)7-3-6(11)4-8(12)9(7)14/h3-4,14H,1-2H3. The molecular formula is C10H9ClFNO. The molecule has 0 bridgehead atoms. The van der Waals surface area contributed by atoms with Crippen LogP contribution in [0.4, 0.5) is 4.39 Å². The van der Waals surface area contributed by atoms with E-state index in [4.69, 9.17) is 16.9 Å². The second-order valence-electron chi connectivity index (χ2n) is 3.52. The Bertz CT molecular complexity index is 409. The summed E-state index contributed by atoms with van der Waals surface area (Å²) in [6.45, 7) is 3.16. The molecule has 14 heavy (non-hydrogen) atoms. The molecule has 1 aromatic carbocycles. The SMILES string of the molecule is CC(C)(C#N)c1cc(Cl)cc(F)c1O. The fraction of sp³-hybridized carbons (Fsp3) is 0.300. The van der Waals surface area contributed by atoms with Gasteiger partial charge in [-0.1, -0.05) is 11.6 Å². The van der Waals surface area contributed by atoms with Crippen molar-refractivity contribution in [3.05, 3.63) is 28.5 Å². The summed E-state index contributed by atoms with van der Waals surface area (Å²) in [6.07, 6.45) is 0. The van der Waals surface area contributed by atoms with E-state index in [1.165, 1.54) is 6.07 Å². The first-order valence-corrected chi connectivity index (χ1v) is 4.36. The Hall–Kier alpha value is -1.27. The Morgan fingerprint density at radius 3 is 2.57 bits per heavy atom. The van der Waals surface area contributed by atoms with Gasteiger partial charge in [-0.2, -0.15) is 5.26 Å². The molecule has 0 fully saturated rings. The predicted octanol–water partition coefficient (Wildman–Crippen LogP) is 2.99. The van der Waals surface area contributed by atoms with Crippen LogP contribution in [-0.2, 0) is 5.41 Å². The van der Waals surface area contributed by atoms with Gasteiger partial charge in [0.2, 0.25) is 0 Å². The normalized spacial score (nSPS) is 11.1. The van der Waals surface area contributed by atoms with E-state index >= 15 is 0 Å². The van der Waals surface area contributed by atoms with Crippen LogP contribution in [0.5, 0.6) is 5.75 Å². The van der Waals surface area contributed by atoms with Crippen LogP contribution in [-0.4, -0.2) is 5.11 Å². The smallest absolute Gasteiger partial charge is 0.166 e. The minimum absolute atomic E-state index is 0.165. The predicted molar refractivity (Wildman–Crippen MR) is 51.7 cm³/mol. The molecule has 0 aliphatic rings. The summed E-state index contributed by atoms with van der Waals surface area (Å²) >= 11 is 5.62. The van der Waals surface area contributed by atoms with Gasteiger partial charge >= 0.3 is 0 Å². The van der Waals surface area contributed by atoms with Gasteiger partial charge in [-0.05, 0) is 26.0 Å². The fourth-order valence-corrected chi connectivity index (χ4v) is 1.31. The number of phenolic OH excluding ortho intramolecular Hbond substituents is 1. The molecule has 1 aromatic rings. The maximum atomic E-state index is 13.1. The van der Waals surface area contributed by atoms with Crippen molar-refractivity contribution in [1.29, 1.82) is 5.26 Å². The van der Waals surface area contributed by atoms with E-state index in [9.17, 15) is 9.50 Å². The van der Waals surface area contributed by atoms with Crippen LogP contribution < -0.4 is 0 Å². The van der Waals surface area contributed by atoms with Crippen molar-refractivity contribution >= 4 is 11.6 Å². The lowest BCUT2D eigenvalue weighted by Gasteiger charge is -2.17. The minimum atomic E-state index is -0.962. The Morgan fingerprint density at radius 2 is 2.07 bits per heavy atom. The summed E-state index contributed by atoms with van der Waals surface area (Å²) in [7, 11) is 0. The molecule has 0 radical (unpaired) electrons. The van der Waals surface area contributed by atoms with Gasteiger partial charge in [-0.25, -0.2) is 4.39 Å². The number of benzene rings is 1. The first-order valence-electron chi connectivity index (χ1n) is 3.98. The zero-order valence-electron chi connectivity index (χ0n) is 7.81. The lowest BCUT2D eigenvalue weighted by Crippen LogP contribution is -2.14. The highest BCUT2D eigenvalue weighted by Crippen LogP contribution is 2.34. The zero-order valence-corrected chi connectivity index (χ0v) is 8.56. The molecule has 0 atom stereocenters. The third-order valence-corrected chi connectivity index (χ3v) is 2.20. The number of aromatic hydroxyl groups is 1. The van der Waals surface area contributed by atoms with Crippen LogP contribution in [0, 0.1) is 17.1 Å². The number of nitriles is 1. The average Bonchev–Trinajstić information content (AvgIpc) is 2.11. The monoisotopic (exact) mass is 213 g/mol. The van der Waals surface area contributed by atoms with Gasteiger partial charge in [0.05, 0.1) is 11.5 Å². The number of nitrogens with zero attached hydrogens (tertiary/aromatic N) is 1. The molecule has 0 aliphatic heterocycles. The Morgan fingerprint density at radius 1 is 1.50 bits per heavy atom. The fourth-order valence-electron chi connectivity index (χ4n) is 1.10. The zero-order chi connectivity index (χ0) is 10.9. The summed E-state index contributed by atoms with van der Waals surface area (Å²) in [6, 6.07) is 4.37. The minimum Gasteiger partial charge on any atom is -0.505 e. The number of hydrogen-bond acceptors (Lipinski definition) is 2. The molecule has 0 saturated heterocycles. The van der Waals surface area contributed by atoms with Crippen molar-refractivity contribution < 1.29 is 9.50 Å². The Balaban J connectivity index is 3.44. The van der Waals surface area contributed by atoms with E-state index in [-0.39, 0.29) is 10.6 Å². The topological polar surface area (TPSA) is 44.0 Å². The first-order chi connectivity index (χ1) is 6.38. The number of hydrogen-bond donors (Lipinski definition) is 1. The summed E-state index contributed by atoms with van der Waals surface area (Å²) in [4.78, 5) is 0. The second kappa shape index (κ2) is 3.47. The molecule has 0 heterocycles. The van der Waals surface area contributed by atoms with Crippen LogP contribution in [0.1, 0.15) is 19.4 Å². The van der Waals surface area contributed by atoms with Crippen molar-refractivity contribution in [3.8, 4) is 11.8 Å². The van der Waals surface area contributed by atoms with Gasteiger partial charge in [-0.15, -0.1) is 0 Å². The highest BCUT2D eigenvalue weighted by Gasteiger charge is 2.25. The van der Waals surface area contributed by atoms with E-state index < -0.39 is 17.0 Å². The van der Waals surface area contributed by atoms with E-state index in [1.807, 2.05) is 6.07 Å². The molecule has 0 saturated carbocycles. The number of phenols is 1. The highest BCUT2D eigenvalue weighted by atomic mass is 35.5. The maximum absolute atomic E-state index is 13.1. The Labute approximate surface area is 86.5 Å². The molecule has 1 N–H and O–H groups in total. The molecule has 0 aliphatic carbocycles. The lowest BCUT2D eigenvalue weighted by atomic mass is 9.85. The second-order valence-corrected chi connectivity index (χ2v) is 3.96. The van der Waals surface area contributed by atoms with E-state index in [2.05, 4.69) is 0 Å². The van der Waals surface area contributed by atoms with Crippen molar-refractivity contribution in [2.75, 3.05) is 0 Å². The van der Waals surface area contributed by atoms with E-state index in [1.54, 1.807) is 13.8 Å². The highest BCUT2D eigenvalue weighted by molar-refractivity contribution is 6.30. The average molecular weight is 214 g/mol. The molecule has 4 heteroatoms. The van der Waals surface area contributed by atoms with Crippen molar-refractivity contribution in [1.82, 2.24) is 0 Å². The molecule has 0 aromatic heterocycles.